The van der Waals surface area contributed by atoms with Crippen molar-refractivity contribution >= 4 is 0 Å². The molecule has 3 aromatic rings. The van der Waals surface area contributed by atoms with Gasteiger partial charge in [-0.05, 0) is 48.1 Å². The fourth-order valence-corrected chi connectivity index (χ4v) is 2.78. The summed E-state index contributed by atoms with van der Waals surface area (Å²) in [6.45, 7) is -6.11. The summed E-state index contributed by atoms with van der Waals surface area (Å²) in [5.41, 5.74) is -3.90. The number of aromatic nitrogens is 1. The van der Waals surface area contributed by atoms with Gasteiger partial charge in [-0.25, -0.2) is 0 Å². The highest BCUT2D eigenvalue weighted by Crippen LogP contribution is 2.52. The van der Waals surface area contributed by atoms with Crippen molar-refractivity contribution in [2.45, 2.75) is 31.7 Å². The van der Waals surface area contributed by atoms with Crippen LogP contribution in [0.3, 0.4) is 0 Å². The van der Waals surface area contributed by atoms with Gasteiger partial charge in [-0.15, -0.1) is 0 Å². The predicted molar refractivity (Wildman–Crippen MR) is 99.5 cm³/mol. The third-order valence-electron chi connectivity index (χ3n) is 4.39. The zero-order chi connectivity index (χ0) is 27.3. The number of pyridine rings is 1. The monoisotopic (exact) mass is 433 g/mol. The van der Waals surface area contributed by atoms with Crippen LogP contribution < -0.4 is 0 Å². The molecule has 1 nitrogen and oxygen atoms in total. The Morgan fingerprint density at radius 2 is 1.43 bits per heavy atom. The third-order valence-corrected chi connectivity index (χ3v) is 4.39. The molecule has 0 atom stereocenters. The van der Waals surface area contributed by atoms with Crippen LogP contribution in [0.4, 0.5) is 30.7 Å². The van der Waals surface area contributed by atoms with E-state index in [0.717, 1.165) is 12.1 Å². The highest BCUT2D eigenvalue weighted by molar-refractivity contribution is 5.74. The van der Waals surface area contributed by atoms with E-state index in [1.54, 1.807) is 30.3 Å². The van der Waals surface area contributed by atoms with Crippen LogP contribution in [-0.2, 0) is 5.92 Å². The zero-order valence-corrected chi connectivity index (χ0v) is 14.9. The van der Waals surface area contributed by atoms with Crippen molar-refractivity contribution in [3.05, 3.63) is 77.5 Å². The van der Waals surface area contributed by atoms with Gasteiger partial charge in [-0.2, -0.15) is 30.7 Å². The maximum Gasteiger partial charge on any atom is 0.460 e. The van der Waals surface area contributed by atoms with Gasteiger partial charge in [-0.3, -0.25) is 4.98 Å². The molecule has 2 aromatic carbocycles. The van der Waals surface area contributed by atoms with E-state index in [9.17, 15) is 30.7 Å². The van der Waals surface area contributed by atoms with Gasteiger partial charge in [0.2, 0.25) is 0 Å². The molecule has 0 fully saturated rings. The lowest BCUT2D eigenvalue weighted by molar-refractivity contribution is -0.359. The van der Waals surface area contributed by atoms with Crippen molar-refractivity contribution in [1.29, 1.82) is 0 Å². The molecule has 158 valence electrons. The number of aryl methyl sites for hydroxylation is 2. The standard InChI is InChI=1S/C22H16F7N/c1-13-8-9-16(10-17(13)15-6-4-3-5-7-15)19-11-18(14(2)12-30-19)20(23,24)21(25,26)22(27,28)29/h3-12H,1-2H3/i1D3,2D3. The lowest BCUT2D eigenvalue weighted by atomic mass is 9.94. The van der Waals surface area contributed by atoms with Gasteiger partial charge in [0.1, 0.15) is 0 Å². The first-order valence-corrected chi connectivity index (χ1v) is 8.32. The molecule has 0 radical (unpaired) electrons. The second-order valence-corrected chi connectivity index (χ2v) is 6.39. The highest BCUT2D eigenvalue weighted by atomic mass is 19.4. The van der Waals surface area contributed by atoms with Gasteiger partial charge in [0.15, 0.2) is 0 Å². The van der Waals surface area contributed by atoms with E-state index in [2.05, 4.69) is 4.98 Å². The summed E-state index contributed by atoms with van der Waals surface area (Å²) in [5.74, 6) is -12.6. The Labute approximate surface area is 176 Å². The third kappa shape index (κ3) is 3.66. The van der Waals surface area contributed by atoms with E-state index in [1.807, 2.05) is 0 Å². The number of hydrogen-bond donors (Lipinski definition) is 0. The number of hydrogen-bond acceptors (Lipinski definition) is 1. The summed E-state index contributed by atoms with van der Waals surface area (Å²) in [4.78, 5) is 3.70. The van der Waals surface area contributed by atoms with Crippen LogP contribution in [0.25, 0.3) is 22.4 Å². The van der Waals surface area contributed by atoms with E-state index < -0.39 is 48.5 Å². The molecule has 0 unspecified atom stereocenters. The molecule has 0 aliphatic heterocycles. The molecule has 1 heterocycles. The maximum atomic E-state index is 14.7. The molecule has 0 aliphatic carbocycles. The fourth-order valence-electron chi connectivity index (χ4n) is 2.78. The van der Waals surface area contributed by atoms with Crippen LogP contribution in [0.1, 0.15) is 24.9 Å². The molecule has 0 amide bonds. The van der Waals surface area contributed by atoms with Crippen molar-refractivity contribution in [3.8, 4) is 22.4 Å². The van der Waals surface area contributed by atoms with E-state index in [0.29, 0.717) is 5.56 Å². The van der Waals surface area contributed by atoms with Crippen molar-refractivity contribution in [1.82, 2.24) is 4.98 Å². The van der Waals surface area contributed by atoms with Crippen molar-refractivity contribution in [3.63, 3.8) is 0 Å². The van der Waals surface area contributed by atoms with Gasteiger partial charge in [0, 0.05) is 25.5 Å². The van der Waals surface area contributed by atoms with Crippen LogP contribution in [0, 0.1) is 13.7 Å². The zero-order valence-electron chi connectivity index (χ0n) is 20.9. The summed E-state index contributed by atoms with van der Waals surface area (Å²) < 4.78 is 141. The van der Waals surface area contributed by atoms with Crippen molar-refractivity contribution in [2.24, 2.45) is 0 Å². The first kappa shape index (κ1) is 15.0. The molecule has 1 aromatic heterocycles. The number of benzene rings is 2. The van der Waals surface area contributed by atoms with Crippen molar-refractivity contribution < 1.29 is 39.0 Å². The summed E-state index contributed by atoms with van der Waals surface area (Å²) in [6.07, 6.45) is -6.40. The van der Waals surface area contributed by atoms with Gasteiger partial charge in [0.25, 0.3) is 0 Å². The lowest BCUT2D eigenvalue weighted by Gasteiger charge is -2.29. The smallest absolute Gasteiger partial charge is 0.256 e. The van der Waals surface area contributed by atoms with Gasteiger partial charge < -0.3 is 0 Å². The molecule has 3 rings (SSSR count). The van der Waals surface area contributed by atoms with E-state index >= 15 is 0 Å². The number of halogens is 7. The maximum absolute atomic E-state index is 14.7. The minimum Gasteiger partial charge on any atom is -0.256 e. The van der Waals surface area contributed by atoms with Crippen LogP contribution in [0.2, 0.25) is 0 Å². The quantitative estimate of drug-likeness (QED) is 0.393. The molecule has 0 N–H and O–H groups in total. The lowest BCUT2D eigenvalue weighted by Crippen LogP contribution is -2.50. The first-order valence-electron chi connectivity index (χ1n) is 11.3. The van der Waals surface area contributed by atoms with E-state index in [1.165, 1.54) is 6.07 Å². The number of rotatable bonds is 4. The summed E-state index contributed by atoms with van der Waals surface area (Å²) in [7, 11) is 0. The van der Waals surface area contributed by atoms with Gasteiger partial charge in [0.05, 0.1) is 5.69 Å². The Morgan fingerprint density at radius 3 is 2.03 bits per heavy atom. The van der Waals surface area contributed by atoms with Crippen LogP contribution in [-0.4, -0.2) is 17.1 Å². The van der Waals surface area contributed by atoms with Gasteiger partial charge >= 0.3 is 18.0 Å². The summed E-state index contributed by atoms with van der Waals surface area (Å²) in [6, 6.07) is 11.5. The molecule has 0 spiro atoms. The normalized spacial score (nSPS) is 16.6. The Kier molecular flexibility index (Phi) is 3.70. The van der Waals surface area contributed by atoms with Crippen LogP contribution >= 0.6 is 0 Å². The molecule has 0 bridgehead atoms. The SMILES string of the molecule is [2H]C([2H])([2H])c1ccc(-c2cc(C(F)(F)C(F)(F)C(F)(F)F)c(C([2H])([2H])[2H])cn2)cc1-c1ccccc1. The summed E-state index contributed by atoms with van der Waals surface area (Å²) >= 11 is 0. The molecule has 8 heteroatoms. The van der Waals surface area contributed by atoms with Gasteiger partial charge in [-0.1, -0.05) is 42.5 Å². The Morgan fingerprint density at radius 1 is 0.767 bits per heavy atom. The highest BCUT2D eigenvalue weighted by Gasteiger charge is 2.73. The molecular weight excluding hydrogens is 411 g/mol. The Bertz CT molecular complexity index is 1250. The van der Waals surface area contributed by atoms with Crippen LogP contribution in [0.5, 0.6) is 0 Å². The molecule has 30 heavy (non-hydrogen) atoms. The second kappa shape index (κ2) is 7.41. The second-order valence-electron chi connectivity index (χ2n) is 6.39. The number of alkyl halides is 7. The molecular formula is C22H16F7N. The Balaban J connectivity index is 2.29. The molecule has 0 aliphatic rings. The number of nitrogens with zero attached hydrogens (tertiary/aromatic N) is 1. The predicted octanol–water partition coefficient (Wildman–Crippen LogP) is 7.32. The van der Waals surface area contributed by atoms with Crippen LogP contribution in [0.15, 0.2) is 60.8 Å². The minimum absolute atomic E-state index is 0.101. The molecule has 0 saturated carbocycles. The minimum atomic E-state index is -6.69. The summed E-state index contributed by atoms with van der Waals surface area (Å²) in [5, 5.41) is 0. The topological polar surface area (TPSA) is 12.9 Å². The van der Waals surface area contributed by atoms with E-state index in [4.69, 9.17) is 8.22 Å². The van der Waals surface area contributed by atoms with Crippen molar-refractivity contribution in [2.75, 3.05) is 0 Å². The average Bonchev–Trinajstić information content (AvgIpc) is 2.76. The Hall–Kier alpha value is -2.90. The molecule has 0 saturated heterocycles. The van der Waals surface area contributed by atoms with E-state index in [-0.39, 0.29) is 29.0 Å². The average molecular weight is 433 g/mol. The fraction of sp³-hybridized carbons (Fsp3) is 0.227. The first-order chi connectivity index (χ1) is 16.3. The largest absolute Gasteiger partial charge is 0.460 e.